The normalized spacial score (nSPS) is 10.3. The molecule has 3 aromatic rings. The number of amides is 2. The first kappa shape index (κ1) is 17.6. The van der Waals surface area contributed by atoms with Gasteiger partial charge >= 0.3 is 0 Å². The third kappa shape index (κ3) is 4.45. The fourth-order valence-electron chi connectivity index (χ4n) is 2.16. The molecule has 0 bridgehead atoms. The zero-order chi connectivity index (χ0) is 18.4. The Morgan fingerprint density at radius 1 is 1.12 bits per heavy atom. The summed E-state index contributed by atoms with van der Waals surface area (Å²) in [5.74, 6) is -0.427. The lowest BCUT2D eigenvalue weighted by molar-refractivity contribution is -0.120. The summed E-state index contributed by atoms with van der Waals surface area (Å²) in [5.41, 5.74) is 2.13. The van der Waals surface area contributed by atoms with Crippen molar-refractivity contribution in [2.24, 2.45) is 0 Å². The number of pyridine rings is 1. The van der Waals surface area contributed by atoms with E-state index in [1.807, 2.05) is 5.38 Å². The highest BCUT2D eigenvalue weighted by atomic mass is 32.1. The number of aryl methyl sites for hydroxylation is 1. The van der Waals surface area contributed by atoms with Gasteiger partial charge in [-0.1, -0.05) is 0 Å². The van der Waals surface area contributed by atoms with Crippen LogP contribution in [-0.4, -0.2) is 38.8 Å². The van der Waals surface area contributed by atoms with Gasteiger partial charge in [-0.2, -0.15) is 0 Å². The van der Waals surface area contributed by atoms with Crippen molar-refractivity contribution in [3.8, 4) is 10.7 Å². The van der Waals surface area contributed by atoms with Crippen LogP contribution in [0.4, 0.5) is 5.69 Å². The molecule has 8 nitrogen and oxygen atoms in total. The van der Waals surface area contributed by atoms with Gasteiger partial charge in [0.1, 0.15) is 16.4 Å². The van der Waals surface area contributed by atoms with E-state index in [4.69, 9.17) is 0 Å². The summed E-state index contributed by atoms with van der Waals surface area (Å²) in [6.07, 6.45) is 7.05. The lowest BCUT2D eigenvalue weighted by atomic mass is 10.2. The molecule has 2 amide bonds. The number of nitrogens with one attached hydrogen (secondary N) is 2. The SMILES string of the molecule is CNC(=O)CCc1cc(NC(=O)c2cnc(-c3nccs3)cn2)ccn1. The average molecular weight is 368 g/mol. The predicted molar refractivity (Wildman–Crippen MR) is 97.7 cm³/mol. The highest BCUT2D eigenvalue weighted by Crippen LogP contribution is 2.18. The fourth-order valence-corrected chi connectivity index (χ4v) is 2.76. The maximum atomic E-state index is 12.3. The van der Waals surface area contributed by atoms with Crippen molar-refractivity contribution < 1.29 is 9.59 Å². The molecule has 0 fully saturated rings. The highest BCUT2D eigenvalue weighted by molar-refractivity contribution is 7.13. The molecule has 0 atom stereocenters. The summed E-state index contributed by atoms with van der Waals surface area (Å²) in [4.78, 5) is 40.4. The molecule has 0 unspecified atom stereocenters. The second kappa shape index (κ2) is 8.26. The number of hydrogen-bond acceptors (Lipinski definition) is 7. The van der Waals surface area contributed by atoms with Crippen LogP contribution in [0.25, 0.3) is 10.7 Å². The maximum absolute atomic E-state index is 12.3. The Labute approximate surface area is 153 Å². The number of nitrogens with zero attached hydrogens (tertiary/aromatic N) is 4. The van der Waals surface area contributed by atoms with Gasteiger partial charge in [0.05, 0.1) is 12.4 Å². The Balaban J connectivity index is 1.65. The molecule has 0 saturated carbocycles. The predicted octanol–water partition coefficient (Wildman–Crippen LogP) is 1.93. The number of rotatable bonds is 6. The summed E-state index contributed by atoms with van der Waals surface area (Å²) in [7, 11) is 1.59. The molecule has 0 aliphatic carbocycles. The standard InChI is InChI=1S/C17H16N6O2S/c1-18-15(24)3-2-11-8-12(4-5-19-11)23-16(25)13-9-22-14(10-21-13)17-20-6-7-26-17/h4-10H,2-3H2,1H3,(H,18,24)(H,19,23,25). The lowest BCUT2D eigenvalue weighted by Crippen LogP contribution is -2.18. The smallest absolute Gasteiger partial charge is 0.275 e. The molecule has 0 radical (unpaired) electrons. The Morgan fingerprint density at radius 2 is 2.00 bits per heavy atom. The number of anilines is 1. The quantitative estimate of drug-likeness (QED) is 0.688. The summed E-state index contributed by atoms with van der Waals surface area (Å²) in [6.45, 7) is 0. The minimum absolute atomic E-state index is 0.0585. The van der Waals surface area contributed by atoms with Crippen LogP contribution in [-0.2, 0) is 11.2 Å². The van der Waals surface area contributed by atoms with Gasteiger partial charge in [0.15, 0.2) is 0 Å². The van der Waals surface area contributed by atoms with Crippen LogP contribution in [0.2, 0.25) is 0 Å². The van der Waals surface area contributed by atoms with Crippen molar-refractivity contribution >= 4 is 28.8 Å². The molecule has 132 valence electrons. The van der Waals surface area contributed by atoms with Crippen molar-refractivity contribution in [3.63, 3.8) is 0 Å². The second-order valence-electron chi connectivity index (χ2n) is 5.29. The van der Waals surface area contributed by atoms with Crippen LogP contribution in [0.15, 0.2) is 42.3 Å². The number of aromatic nitrogens is 4. The molecular formula is C17H16N6O2S. The first-order chi connectivity index (χ1) is 12.7. The molecule has 2 N–H and O–H groups in total. The highest BCUT2D eigenvalue weighted by Gasteiger charge is 2.11. The van der Waals surface area contributed by atoms with E-state index in [9.17, 15) is 9.59 Å². The van der Waals surface area contributed by atoms with Crippen molar-refractivity contribution in [1.82, 2.24) is 25.3 Å². The molecule has 0 aliphatic heterocycles. The van der Waals surface area contributed by atoms with E-state index in [0.29, 0.717) is 24.2 Å². The van der Waals surface area contributed by atoms with Gasteiger partial charge < -0.3 is 10.6 Å². The van der Waals surface area contributed by atoms with E-state index < -0.39 is 0 Å². The van der Waals surface area contributed by atoms with E-state index in [1.165, 1.54) is 23.7 Å². The first-order valence-corrected chi connectivity index (χ1v) is 8.72. The monoisotopic (exact) mass is 368 g/mol. The van der Waals surface area contributed by atoms with Crippen molar-refractivity contribution in [1.29, 1.82) is 0 Å². The first-order valence-electron chi connectivity index (χ1n) is 7.84. The van der Waals surface area contributed by atoms with Gasteiger partial charge in [0.2, 0.25) is 5.91 Å². The number of carbonyl (C=O) groups excluding carboxylic acids is 2. The summed E-state index contributed by atoms with van der Waals surface area (Å²) < 4.78 is 0. The summed E-state index contributed by atoms with van der Waals surface area (Å²) in [5, 5.41) is 7.92. The average Bonchev–Trinajstić information content (AvgIpc) is 3.21. The zero-order valence-corrected chi connectivity index (χ0v) is 14.8. The van der Waals surface area contributed by atoms with E-state index in [-0.39, 0.29) is 17.5 Å². The summed E-state index contributed by atoms with van der Waals surface area (Å²) >= 11 is 1.45. The molecule has 3 heterocycles. The fraction of sp³-hybridized carbons (Fsp3) is 0.176. The van der Waals surface area contributed by atoms with Crippen LogP contribution in [0.3, 0.4) is 0 Å². The molecule has 26 heavy (non-hydrogen) atoms. The molecule has 0 aliphatic rings. The molecule has 0 spiro atoms. The largest absolute Gasteiger partial charge is 0.359 e. The molecule has 0 saturated heterocycles. The van der Waals surface area contributed by atoms with Crippen LogP contribution < -0.4 is 10.6 Å². The molecular weight excluding hydrogens is 352 g/mol. The number of hydrogen-bond donors (Lipinski definition) is 2. The van der Waals surface area contributed by atoms with E-state index in [2.05, 4.69) is 30.6 Å². The Morgan fingerprint density at radius 3 is 2.69 bits per heavy atom. The van der Waals surface area contributed by atoms with Crippen LogP contribution in [0.5, 0.6) is 0 Å². The van der Waals surface area contributed by atoms with Gasteiger partial charge in [-0.05, 0) is 18.6 Å². The van der Waals surface area contributed by atoms with E-state index in [0.717, 1.165) is 10.7 Å². The second-order valence-corrected chi connectivity index (χ2v) is 6.18. The van der Waals surface area contributed by atoms with Gasteiger partial charge in [0.25, 0.3) is 5.91 Å². The van der Waals surface area contributed by atoms with Gasteiger partial charge in [-0.3, -0.25) is 14.6 Å². The Kier molecular flexibility index (Phi) is 5.59. The minimum atomic E-state index is -0.369. The topological polar surface area (TPSA) is 110 Å². The van der Waals surface area contributed by atoms with Crippen molar-refractivity contribution in [3.05, 3.63) is 53.7 Å². The maximum Gasteiger partial charge on any atom is 0.275 e. The van der Waals surface area contributed by atoms with E-state index >= 15 is 0 Å². The number of thiazole rings is 1. The zero-order valence-electron chi connectivity index (χ0n) is 14.0. The molecule has 0 aromatic carbocycles. The Hall–Kier alpha value is -3.20. The van der Waals surface area contributed by atoms with Crippen molar-refractivity contribution in [2.45, 2.75) is 12.8 Å². The Bertz CT molecular complexity index is 896. The summed E-state index contributed by atoms with van der Waals surface area (Å²) in [6, 6.07) is 3.41. The third-order valence-corrected chi connectivity index (χ3v) is 4.29. The molecule has 3 aromatic heterocycles. The van der Waals surface area contributed by atoms with Crippen LogP contribution >= 0.6 is 11.3 Å². The lowest BCUT2D eigenvalue weighted by Gasteiger charge is -2.07. The van der Waals surface area contributed by atoms with Crippen LogP contribution in [0.1, 0.15) is 22.6 Å². The third-order valence-electron chi connectivity index (χ3n) is 3.50. The van der Waals surface area contributed by atoms with Gasteiger partial charge in [-0.25, -0.2) is 15.0 Å². The van der Waals surface area contributed by atoms with Crippen LogP contribution in [0, 0.1) is 0 Å². The molecule has 3 rings (SSSR count). The minimum Gasteiger partial charge on any atom is -0.359 e. The number of carbonyl (C=O) groups is 2. The van der Waals surface area contributed by atoms with Crippen molar-refractivity contribution in [2.75, 3.05) is 12.4 Å². The van der Waals surface area contributed by atoms with E-state index in [1.54, 1.807) is 31.6 Å². The molecule has 9 heteroatoms. The van der Waals surface area contributed by atoms with Gasteiger partial charge in [-0.15, -0.1) is 11.3 Å². The van der Waals surface area contributed by atoms with Gasteiger partial charge in [0, 0.05) is 42.6 Å².